The van der Waals surface area contributed by atoms with Crippen LogP contribution in [0.5, 0.6) is 0 Å². The Morgan fingerprint density at radius 2 is 2.04 bits per heavy atom. The van der Waals surface area contributed by atoms with Crippen molar-refractivity contribution in [1.29, 1.82) is 0 Å². The molecule has 0 aliphatic rings. The van der Waals surface area contributed by atoms with Crippen LogP contribution in [-0.2, 0) is 6.42 Å². The molecule has 23 heavy (non-hydrogen) atoms. The maximum Gasteiger partial charge on any atom is 0.322 e. The summed E-state index contributed by atoms with van der Waals surface area (Å²) in [5.74, 6) is 1.05. The molecule has 118 valence electrons. The number of nitrogens with one attached hydrogen (secondary N) is 1. The van der Waals surface area contributed by atoms with Gasteiger partial charge >= 0.3 is 6.01 Å². The molecule has 0 atom stereocenters. The molecule has 3 aromatic rings. The minimum atomic E-state index is -0.487. The molecule has 0 unspecified atom stereocenters. The Morgan fingerprint density at radius 1 is 1.22 bits per heavy atom. The number of anilines is 1. The molecule has 1 amide bonds. The van der Waals surface area contributed by atoms with E-state index in [4.69, 9.17) is 8.94 Å². The Kier molecular flexibility index (Phi) is 4.72. The highest BCUT2D eigenvalue weighted by Gasteiger charge is 2.14. The second-order valence-corrected chi connectivity index (χ2v) is 5.92. The molecule has 3 rings (SSSR count). The highest BCUT2D eigenvalue weighted by Crippen LogP contribution is 2.19. The fourth-order valence-electron chi connectivity index (χ4n) is 1.91. The lowest BCUT2D eigenvalue weighted by Crippen LogP contribution is -2.11. The summed E-state index contributed by atoms with van der Waals surface area (Å²) >= 11 is 1.79. The lowest BCUT2D eigenvalue weighted by atomic mass is 10.1. The van der Waals surface area contributed by atoms with Crippen LogP contribution < -0.4 is 5.32 Å². The zero-order chi connectivity index (χ0) is 16.1. The lowest BCUT2D eigenvalue weighted by Gasteiger charge is -2.00. The van der Waals surface area contributed by atoms with E-state index in [1.54, 1.807) is 11.8 Å². The van der Waals surface area contributed by atoms with Gasteiger partial charge in [0.05, 0.1) is 12.6 Å². The quantitative estimate of drug-likeness (QED) is 0.694. The third kappa shape index (κ3) is 3.98. The minimum absolute atomic E-state index is 0.0274. The second kappa shape index (κ2) is 7.10. The highest BCUT2D eigenvalue weighted by atomic mass is 32.2. The van der Waals surface area contributed by atoms with Crippen LogP contribution in [0.15, 0.2) is 50.4 Å². The zero-order valence-corrected chi connectivity index (χ0v) is 13.2. The van der Waals surface area contributed by atoms with Crippen LogP contribution in [0.2, 0.25) is 0 Å². The van der Waals surface area contributed by atoms with Gasteiger partial charge in [-0.3, -0.25) is 10.1 Å². The summed E-state index contributed by atoms with van der Waals surface area (Å²) < 4.78 is 10.2. The van der Waals surface area contributed by atoms with Gasteiger partial charge in [-0.25, -0.2) is 0 Å². The molecule has 0 saturated heterocycles. The van der Waals surface area contributed by atoms with Gasteiger partial charge in [-0.2, -0.15) is 0 Å². The lowest BCUT2D eigenvalue weighted by molar-refractivity contribution is 0.0985. The molecule has 2 aromatic heterocycles. The van der Waals surface area contributed by atoms with Crippen LogP contribution in [0, 0.1) is 0 Å². The van der Waals surface area contributed by atoms with Crippen molar-refractivity contribution < 1.29 is 13.7 Å². The van der Waals surface area contributed by atoms with Gasteiger partial charge < -0.3 is 8.94 Å². The largest absolute Gasteiger partial charge is 0.407 e. The first-order chi connectivity index (χ1) is 11.2. The van der Waals surface area contributed by atoms with Gasteiger partial charge in [0.15, 0.2) is 0 Å². The molecule has 1 N–H and O–H groups in total. The molecule has 0 aliphatic carbocycles. The molecule has 0 radical (unpaired) electrons. The van der Waals surface area contributed by atoms with Crippen molar-refractivity contribution in [3.63, 3.8) is 0 Å². The van der Waals surface area contributed by atoms with Crippen LogP contribution in [0.1, 0.15) is 28.9 Å². The maximum atomic E-state index is 11.8. The summed E-state index contributed by atoms with van der Waals surface area (Å²) in [5.41, 5.74) is 1.06. The number of amides is 1. The fourth-order valence-corrected chi connectivity index (χ4v) is 2.57. The first kappa shape index (κ1) is 15.3. The SMILES string of the molecule is CCSc1ccc(Cc2nnc(NC(=O)c3ccno3)o2)cc1. The van der Waals surface area contributed by atoms with Crippen LogP contribution in [0.3, 0.4) is 0 Å². The molecule has 0 saturated carbocycles. The van der Waals surface area contributed by atoms with E-state index in [9.17, 15) is 4.79 Å². The van der Waals surface area contributed by atoms with Gasteiger partial charge in [0.1, 0.15) is 0 Å². The summed E-state index contributed by atoms with van der Waals surface area (Å²) in [6.45, 7) is 2.12. The molecule has 8 heteroatoms. The van der Waals surface area contributed by atoms with Crippen LogP contribution in [0.25, 0.3) is 0 Å². The topological polar surface area (TPSA) is 94.1 Å². The number of thioether (sulfide) groups is 1. The molecule has 1 aromatic carbocycles. The molecular formula is C15H14N4O3S. The number of carbonyl (C=O) groups excluding carboxylic acids is 1. The highest BCUT2D eigenvalue weighted by molar-refractivity contribution is 7.99. The molecule has 0 aliphatic heterocycles. The van der Waals surface area contributed by atoms with Gasteiger partial charge in [0, 0.05) is 11.0 Å². The summed E-state index contributed by atoms with van der Waals surface area (Å²) in [7, 11) is 0. The normalized spacial score (nSPS) is 10.7. The number of hydrogen-bond donors (Lipinski definition) is 1. The monoisotopic (exact) mass is 330 g/mol. The summed E-state index contributed by atoms with van der Waals surface area (Å²) in [6, 6.07) is 9.64. The molecular weight excluding hydrogens is 316 g/mol. The molecule has 0 bridgehead atoms. The standard InChI is InChI=1S/C15H14N4O3S/c1-2-23-11-5-3-10(4-6-11)9-13-18-19-15(21-13)17-14(20)12-7-8-16-22-12/h3-8H,2,9H2,1H3,(H,17,19,20). The number of benzene rings is 1. The Bertz CT molecular complexity index is 768. The predicted molar refractivity (Wildman–Crippen MR) is 84.4 cm³/mol. The van der Waals surface area contributed by atoms with E-state index in [0.717, 1.165) is 11.3 Å². The van der Waals surface area contributed by atoms with Gasteiger partial charge in [0.25, 0.3) is 5.91 Å². The Morgan fingerprint density at radius 3 is 2.74 bits per heavy atom. The third-order valence-electron chi connectivity index (χ3n) is 2.94. The number of aromatic nitrogens is 3. The number of hydrogen-bond acceptors (Lipinski definition) is 7. The van der Waals surface area contributed by atoms with E-state index >= 15 is 0 Å². The Hall–Kier alpha value is -2.61. The Labute approximate surface area is 136 Å². The van der Waals surface area contributed by atoms with Gasteiger partial charge in [-0.1, -0.05) is 29.3 Å². The van der Waals surface area contributed by atoms with Crippen molar-refractivity contribution in [3.8, 4) is 0 Å². The smallest absolute Gasteiger partial charge is 0.322 e. The first-order valence-corrected chi connectivity index (χ1v) is 7.99. The number of nitrogens with zero attached hydrogens (tertiary/aromatic N) is 3. The van der Waals surface area contributed by atoms with Crippen molar-refractivity contribution in [3.05, 3.63) is 53.7 Å². The van der Waals surface area contributed by atoms with Gasteiger partial charge in [-0.05, 0) is 23.4 Å². The summed E-state index contributed by atoms with van der Waals surface area (Å²) in [4.78, 5) is 13.0. The molecule has 0 fully saturated rings. The van der Waals surface area contributed by atoms with Gasteiger partial charge in [-0.15, -0.1) is 16.9 Å². The fraction of sp³-hybridized carbons (Fsp3) is 0.200. The average Bonchev–Trinajstić information content (AvgIpc) is 3.21. The number of rotatable bonds is 6. The van der Waals surface area contributed by atoms with E-state index in [-0.39, 0.29) is 11.8 Å². The average molecular weight is 330 g/mol. The van der Waals surface area contributed by atoms with E-state index < -0.39 is 5.91 Å². The number of carbonyl (C=O) groups is 1. The van der Waals surface area contributed by atoms with Crippen molar-refractivity contribution >= 4 is 23.7 Å². The van der Waals surface area contributed by atoms with E-state index in [1.165, 1.54) is 17.2 Å². The third-order valence-corrected chi connectivity index (χ3v) is 3.83. The maximum absolute atomic E-state index is 11.8. The zero-order valence-electron chi connectivity index (χ0n) is 12.4. The van der Waals surface area contributed by atoms with E-state index in [1.807, 2.05) is 12.1 Å². The van der Waals surface area contributed by atoms with Crippen LogP contribution in [0.4, 0.5) is 6.01 Å². The van der Waals surface area contributed by atoms with Crippen molar-refractivity contribution in [2.75, 3.05) is 11.1 Å². The van der Waals surface area contributed by atoms with Crippen LogP contribution >= 0.6 is 11.8 Å². The summed E-state index contributed by atoms with van der Waals surface area (Å²) in [5, 5.41) is 13.6. The van der Waals surface area contributed by atoms with E-state index in [0.29, 0.717) is 12.3 Å². The first-order valence-electron chi connectivity index (χ1n) is 7.00. The van der Waals surface area contributed by atoms with E-state index in [2.05, 4.69) is 39.7 Å². The molecule has 2 heterocycles. The van der Waals surface area contributed by atoms with Crippen LogP contribution in [-0.4, -0.2) is 27.0 Å². The van der Waals surface area contributed by atoms with Gasteiger partial charge in [0.2, 0.25) is 11.7 Å². The van der Waals surface area contributed by atoms with Crippen molar-refractivity contribution in [2.24, 2.45) is 0 Å². The molecule has 0 spiro atoms. The second-order valence-electron chi connectivity index (χ2n) is 4.59. The molecule has 7 nitrogen and oxygen atoms in total. The van der Waals surface area contributed by atoms with Crippen molar-refractivity contribution in [2.45, 2.75) is 18.2 Å². The Balaban J connectivity index is 1.61. The van der Waals surface area contributed by atoms with Crippen molar-refractivity contribution in [1.82, 2.24) is 15.4 Å². The minimum Gasteiger partial charge on any atom is -0.407 e. The summed E-state index contributed by atoms with van der Waals surface area (Å²) in [6.07, 6.45) is 1.89. The predicted octanol–water partition coefficient (Wildman–Crippen LogP) is 3.01.